The number of allylic oxidation sites excluding steroid dienone is 2. The van der Waals surface area contributed by atoms with Crippen molar-refractivity contribution in [3.63, 3.8) is 0 Å². The molecule has 0 aliphatic heterocycles. The van der Waals surface area contributed by atoms with E-state index in [-0.39, 0.29) is 5.91 Å². The molecule has 0 bridgehead atoms. The van der Waals surface area contributed by atoms with Gasteiger partial charge in [-0.05, 0) is 48.1 Å². The zero-order valence-electron chi connectivity index (χ0n) is 17.2. The van der Waals surface area contributed by atoms with Crippen molar-refractivity contribution < 1.29 is 9.53 Å². The first-order chi connectivity index (χ1) is 15.3. The largest absolute Gasteiger partial charge is 0.488 e. The first kappa shape index (κ1) is 19.3. The molecule has 5 rings (SSSR count). The second-order valence-electron chi connectivity index (χ2n) is 8.03. The van der Waals surface area contributed by atoms with E-state index >= 15 is 0 Å². The fourth-order valence-corrected chi connectivity index (χ4v) is 4.21. The van der Waals surface area contributed by atoms with Gasteiger partial charge in [0.2, 0.25) is 0 Å². The molecule has 3 aromatic rings. The Balaban J connectivity index is 1.20. The second-order valence-corrected chi connectivity index (χ2v) is 8.03. The number of carbonyl (C=O) groups excluding carboxylic acids is 1. The van der Waals surface area contributed by atoms with Crippen LogP contribution in [0, 0.1) is 11.8 Å². The van der Waals surface area contributed by atoms with Crippen LogP contribution in [0.25, 0.3) is 11.1 Å². The molecule has 154 valence electrons. The molecule has 0 spiro atoms. The van der Waals surface area contributed by atoms with Gasteiger partial charge in [-0.3, -0.25) is 4.79 Å². The third-order valence-corrected chi connectivity index (χ3v) is 6.05. The maximum atomic E-state index is 12.4. The van der Waals surface area contributed by atoms with Crippen LogP contribution in [0.1, 0.15) is 28.8 Å². The van der Waals surface area contributed by atoms with Gasteiger partial charge in [-0.25, -0.2) is 5.43 Å². The number of hydrogen-bond acceptors (Lipinski definition) is 3. The number of benzene rings is 3. The summed E-state index contributed by atoms with van der Waals surface area (Å²) in [7, 11) is 0. The van der Waals surface area contributed by atoms with Crippen LogP contribution in [0.2, 0.25) is 0 Å². The fraction of sp³-hybridized carbons (Fsp3) is 0.185. The first-order valence-electron chi connectivity index (χ1n) is 10.7. The number of para-hydroxylation sites is 1. The van der Waals surface area contributed by atoms with Gasteiger partial charge in [-0.15, -0.1) is 0 Å². The molecule has 0 saturated heterocycles. The monoisotopic (exact) mass is 408 g/mol. The van der Waals surface area contributed by atoms with Crippen molar-refractivity contribution in [1.82, 2.24) is 5.43 Å². The Hall–Kier alpha value is -3.66. The smallest absolute Gasteiger partial charge is 0.271 e. The Kier molecular flexibility index (Phi) is 5.36. The molecule has 1 saturated carbocycles. The Bertz CT molecular complexity index is 1130. The van der Waals surface area contributed by atoms with Crippen LogP contribution < -0.4 is 10.2 Å². The number of hydrazone groups is 1. The molecule has 1 amide bonds. The van der Waals surface area contributed by atoms with E-state index in [1.54, 1.807) is 0 Å². The summed E-state index contributed by atoms with van der Waals surface area (Å²) in [5.41, 5.74) is 7.60. The number of ether oxygens (including phenoxy) is 1. The lowest BCUT2D eigenvalue weighted by Crippen LogP contribution is -2.35. The Morgan fingerprint density at radius 2 is 1.74 bits per heavy atom. The van der Waals surface area contributed by atoms with Crippen molar-refractivity contribution >= 4 is 11.6 Å². The molecule has 1 fully saturated rings. The number of nitrogens with one attached hydrogen (secondary N) is 1. The topological polar surface area (TPSA) is 50.7 Å². The van der Waals surface area contributed by atoms with E-state index in [0.717, 1.165) is 41.0 Å². The minimum Gasteiger partial charge on any atom is -0.488 e. The molecule has 0 heterocycles. The van der Waals surface area contributed by atoms with E-state index in [9.17, 15) is 4.79 Å². The Morgan fingerprint density at radius 1 is 0.968 bits per heavy atom. The van der Waals surface area contributed by atoms with Gasteiger partial charge in [0.05, 0.1) is 0 Å². The molecule has 4 nitrogen and oxygen atoms in total. The molecule has 4 heteroatoms. The minimum atomic E-state index is -0.177. The summed E-state index contributed by atoms with van der Waals surface area (Å²) in [6, 6.07) is 25.7. The molecule has 3 aromatic carbocycles. The van der Waals surface area contributed by atoms with Gasteiger partial charge in [0.25, 0.3) is 5.91 Å². The predicted octanol–water partition coefficient (Wildman–Crippen LogP) is 5.61. The van der Waals surface area contributed by atoms with Crippen molar-refractivity contribution in [3.8, 4) is 16.9 Å². The Morgan fingerprint density at radius 3 is 2.55 bits per heavy atom. The molecule has 1 N–H and O–H groups in total. The van der Waals surface area contributed by atoms with E-state index in [2.05, 4.69) is 40.9 Å². The summed E-state index contributed by atoms with van der Waals surface area (Å²) in [5.74, 6) is 1.79. The van der Waals surface area contributed by atoms with Crippen molar-refractivity contribution in [1.29, 1.82) is 0 Å². The summed E-state index contributed by atoms with van der Waals surface area (Å²) in [5, 5.41) is 4.34. The number of rotatable bonds is 6. The molecular weight excluding hydrogens is 384 g/mol. The maximum absolute atomic E-state index is 12.4. The van der Waals surface area contributed by atoms with Gasteiger partial charge in [-0.1, -0.05) is 72.8 Å². The lowest BCUT2D eigenvalue weighted by molar-refractivity contribution is 0.0954. The SMILES string of the molecule is O=C(N/N=C1/C[C@@H]2C=CC[C@@H]12)c1ccc(COc2ccccc2-c2ccccc2)cc1. The van der Waals surface area contributed by atoms with Crippen molar-refractivity contribution in [2.75, 3.05) is 0 Å². The normalized spacial score (nSPS) is 20.2. The number of nitrogens with zero attached hydrogens (tertiary/aromatic N) is 1. The van der Waals surface area contributed by atoms with Crippen LogP contribution >= 0.6 is 0 Å². The molecule has 31 heavy (non-hydrogen) atoms. The highest BCUT2D eigenvalue weighted by Crippen LogP contribution is 2.40. The van der Waals surface area contributed by atoms with Gasteiger partial charge in [-0.2, -0.15) is 5.10 Å². The Labute approximate surface area is 182 Å². The zero-order chi connectivity index (χ0) is 21.0. The van der Waals surface area contributed by atoms with Gasteiger partial charge in [0.1, 0.15) is 12.4 Å². The summed E-state index contributed by atoms with van der Waals surface area (Å²) in [6.07, 6.45) is 6.47. The standard InChI is InChI=1S/C27H24N2O2/c30-27(29-28-25-17-22-9-6-11-23(22)25)21-15-13-19(14-16-21)18-31-26-12-5-4-10-24(26)20-7-2-1-3-8-20/h1-10,12-16,22-23H,11,17-18H2,(H,29,30)/b28-25-/t22-,23+/m0/s1. The number of fused-ring (bicyclic) bond motifs is 1. The molecule has 0 radical (unpaired) electrons. The molecule has 0 unspecified atom stereocenters. The van der Waals surface area contributed by atoms with E-state index in [1.165, 1.54) is 0 Å². The average Bonchev–Trinajstić information content (AvgIpc) is 3.19. The lowest BCUT2D eigenvalue weighted by atomic mass is 9.74. The maximum Gasteiger partial charge on any atom is 0.271 e. The van der Waals surface area contributed by atoms with E-state index in [4.69, 9.17) is 4.74 Å². The molecular formula is C27H24N2O2. The van der Waals surface area contributed by atoms with Gasteiger partial charge >= 0.3 is 0 Å². The highest BCUT2D eigenvalue weighted by Gasteiger charge is 2.38. The van der Waals surface area contributed by atoms with Crippen molar-refractivity contribution in [3.05, 3.63) is 102 Å². The van der Waals surface area contributed by atoms with E-state index in [1.807, 2.05) is 60.7 Å². The van der Waals surface area contributed by atoms with Crippen LogP contribution in [-0.2, 0) is 6.61 Å². The number of amides is 1. The number of hydrogen-bond donors (Lipinski definition) is 1. The highest BCUT2D eigenvalue weighted by molar-refractivity contribution is 5.98. The molecule has 2 aliphatic carbocycles. The predicted molar refractivity (Wildman–Crippen MR) is 123 cm³/mol. The fourth-order valence-electron chi connectivity index (χ4n) is 4.21. The number of carbonyl (C=O) groups is 1. The van der Waals surface area contributed by atoms with E-state index in [0.29, 0.717) is 24.0 Å². The first-order valence-corrected chi connectivity index (χ1v) is 10.7. The second kappa shape index (κ2) is 8.60. The quantitative estimate of drug-likeness (QED) is 0.425. The highest BCUT2D eigenvalue weighted by atomic mass is 16.5. The third kappa shape index (κ3) is 4.15. The van der Waals surface area contributed by atoms with Crippen LogP contribution in [0.5, 0.6) is 5.75 Å². The van der Waals surface area contributed by atoms with Crippen LogP contribution in [0.4, 0.5) is 0 Å². The van der Waals surface area contributed by atoms with Crippen LogP contribution in [0.15, 0.2) is 96.1 Å². The average molecular weight is 409 g/mol. The van der Waals surface area contributed by atoms with Gasteiger partial charge in [0.15, 0.2) is 0 Å². The minimum absolute atomic E-state index is 0.177. The molecule has 2 aliphatic rings. The summed E-state index contributed by atoms with van der Waals surface area (Å²) < 4.78 is 6.09. The van der Waals surface area contributed by atoms with Gasteiger partial charge < -0.3 is 4.74 Å². The van der Waals surface area contributed by atoms with Crippen LogP contribution in [0.3, 0.4) is 0 Å². The summed E-state index contributed by atoms with van der Waals surface area (Å²) in [4.78, 5) is 12.4. The third-order valence-electron chi connectivity index (χ3n) is 6.05. The summed E-state index contributed by atoms with van der Waals surface area (Å²) in [6.45, 7) is 0.435. The lowest BCUT2D eigenvalue weighted by Gasteiger charge is -2.31. The molecule has 2 atom stereocenters. The zero-order valence-corrected chi connectivity index (χ0v) is 17.2. The molecule has 0 aromatic heterocycles. The van der Waals surface area contributed by atoms with Crippen molar-refractivity contribution in [2.45, 2.75) is 19.4 Å². The van der Waals surface area contributed by atoms with Crippen LogP contribution in [-0.4, -0.2) is 11.6 Å². The van der Waals surface area contributed by atoms with Crippen molar-refractivity contribution in [2.24, 2.45) is 16.9 Å². The van der Waals surface area contributed by atoms with E-state index < -0.39 is 0 Å². The van der Waals surface area contributed by atoms with Gasteiger partial charge in [0, 0.05) is 22.8 Å². The summed E-state index contributed by atoms with van der Waals surface area (Å²) >= 11 is 0.